The van der Waals surface area contributed by atoms with Crippen LogP contribution in [0, 0.1) is 16.2 Å². The summed E-state index contributed by atoms with van der Waals surface area (Å²) in [4.78, 5) is 25.8. The van der Waals surface area contributed by atoms with Crippen LogP contribution in [-0.2, 0) is 0 Å². The van der Waals surface area contributed by atoms with E-state index in [4.69, 9.17) is 5.21 Å². The molecular formula is C18H18N3O3+. The number of hydrogen-bond donors (Lipinski definition) is 2. The number of nitrogens with zero attached hydrogens (tertiary/aromatic N) is 2. The lowest BCUT2D eigenvalue weighted by atomic mass is 9.85. The smallest absolute Gasteiger partial charge is 0.316 e. The fourth-order valence-electron chi connectivity index (χ4n) is 3.32. The largest absolute Gasteiger partial charge is 0.325 e. The normalized spacial score (nSPS) is 15.0. The van der Waals surface area contributed by atoms with Gasteiger partial charge in [0, 0.05) is 23.4 Å². The minimum absolute atomic E-state index is 0.0605. The van der Waals surface area contributed by atoms with E-state index in [1.807, 2.05) is 12.1 Å². The number of nitriles is 1. The average Bonchev–Trinajstić information content (AvgIpc) is 2.62. The average molecular weight is 324 g/mol. The van der Waals surface area contributed by atoms with Gasteiger partial charge in [0.05, 0.1) is 4.91 Å². The van der Waals surface area contributed by atoms with Gasteiger partial charge in [-0.15, -0.1) is 0 Å². The topological polar surface area (TPSA) is 97.0 Å². The second kappa shape index (κ2) is 6.67. The zero-order chi connectivity index (χ0) is 17.1. The number of aromatic nitrogens is 1. The van der Waals surface area contributed by atoms with E-state index in [1.165, 1.54) is 18.6 Å². The number of aromatic amines is 1. The molecule has 2 N–H and O–H groups in total. The fourth-order valence-corrected chi connectivity index (χ4v) is 3.32. The first-order chi connectivity index (χ1) is 11.6. The van der Waals surface area contributed by atoms with Crippen LogP contribution in [0.15, 0.2) is 35.1 Å². The molecule has 1 fully saturated rings. The van der Waals surface area contributed by atoms with Gasteiger partial charge < -0.3 is 4.98 Å². The van der Waals surface area contributed by atoms with Gasteiger partial charge in [0.15, 0.2) is 0 Å². The molecule has 122 valence electrons. The molecule has 0 bridgehead atoms. The second-order valence-electron chi connectivity index (χ2n) is 6.11. The summed E-state index contributed by atoms with van der Waals surface area (Å²) >= 11 is 0. The molecule has 0 saturated heterocycles. The van der Waals surface area contributed by atoms with Gasteiger partial charge in [0.1, 0.15) is 11.6 Å². The molecule has 0 atom stereocenters. The first-order valence-electron chi connectivity index (χ1n) is 8.04. The Balaban J connectivity index is 2.08. The molecule has 1 aromatic heterocycles. The summed E-state index contributed by atoms with van der Waals surface area (Å²) in [5, 5.41) is 18.3. The van der Waals surface area contributed by atoms with Crippen molar-refractivity contribution in [1.29, 1.82) is 5.26 Å². The monoisotopic (exact) mass is 324 g/mol. The molecular weight excluding hydrogens is 306 g/mol. The van der Waals surface area contributed by atoms with Crippen molar-refractivity contribution >= 4 is 5.69 Å². The highest BCUT2D eigenvalue weighted by Gasteiger charge is 2.20. The van der Waals surface area contributed by atoms with Crippen molar-refractivity contribution in [2.45, 2.75) is 38.0 Å². The Morgan fingerprint density at radius 2 is 1.83 bits per heavy atom. The summed E-state index contributed by atoms with van der Waals surface area (Å²) < 4.78 is 0. The van der Waals surface area contributed by atoms with Gasteiger partial charge in [-0.1, -0.05) is 19.3 Å². The third kappa shape index (κ3) is 3.06. The van der Waals surface area contributed by atoms with Crippen molar-refractivity contribution in [3.8, 4) is 17.2 Å². The first-order valence-corrected chi connectivity index (χ1v) is 8.04. The van der Waals surface area contributed by atoms with E-state index in [1.54, 1.807) is 12.1 Å². The number of rotatable bonds is 3. The molecule has 0 amide bonds. The number of hydrogen-bond acceptors (Lipinski definition) is 3. The molecule has 6 heteroatoms. The van der Waals surface area contributed by atoms with E-state index in [0.717, 1.165) is 31.4 Å². The highest BCUT2D eigenvalue weighted by atomic mass is 16.6. The third-order valence-corrected chi connectivity index (χ3v) is 4.61. The van der Waals surface area contributed by atoms with Crippen LogP contribution in [0.3, 0.4) is 0 Å². The lowest BCUT2D eigenvalue weighted by Gasteiger charge is -2.22. The first kappa shape index (κ1) is 15.9. The maximum Gasteiger partial charge on any atom is 0.316 e. The predicted molar refractivity (Wildman–Crippen MR) is 88.1 cm³/mol. The van der Waals surface area contributed by atoms with Crippen LogP contribution in [-0.4, -0.2) is 15.1 Å². The lowest BCUT2D eigenvalue weighted by molar-refractivity contribution is -0.729. The molecule has 1 aliphatic carbocycles. The minimum atomic E-state index is -0.382. The molecule has 1 heterocycles. The highest BCUT2D eigenvalue weighted by molar-refractivity contribution is 5.71. The Bertz CT molecular complexity index is 857. The number of H-pyrrole nitrogens is 1. The SMILES string of the molecule is N#Cc1c(-c2ccc([N+](=O)O)cc2)cc(C2CCCCC2)[nH]c1=O. The maximum absolute atomic E-state index is 12.3. The molecule has 1 saturated carbocycles. The second-order valence-corrected chi connectivity index (χ2v) is 6.11. The Morgan fingerprint density at radius 3 is 2.42 bits per heavy atom. The van der Waals surface area contributed by atoms with Crippen molar-refractivity contribution < 1.29 is 10.1 Å². The van der Waals surface area contributed by atoms with Crippen LogP contribution in [0.4, 0.5) is 5.69 Å². The zero-order valence-electron chi connectivity index (χ0n) is 13.2. The van der Waals surface area contributed by atoms with E-state index in [2.05, 4.69) is 4.98 Å². The van der Waals surface area contributed by atoms with E-state index in [-0.39, 0.29) is 21.7 Å². The standard InChI is InChI=1S/C18H17N3O3/c19-11-16-15(12-6-8-14(9-7-12)21(23)24)10-17(20-18(16)22)13-4-2-1-3-5-13/h6-10,13H,1-5H2,(H-,20,22,23,24)/p+1. The molecule has 1 aromatic carbocycles. The molecule has 2 aromatic rings. The van der Waals surface area contributed by atoms with Crippen molar-refractivity contribution in [1.82, 2.24) is 4.98 Å². The van der Waals surface area contributed by atoms with Crippen LogP contribution in [0.5, 0.6) is 0 Å². The van der Waals surface area contributed by atoms with Gasteiger partial charge in [-0.3, -0.25) is 4.79 Å². The Labute approximate surface area is 138 Å². The van der Waals surface area contributed by atoms with Crippen LogP contribution in [0.1, 0.15) is 49.3 Å². The van der Waals surface area contributed by atoms with Crippen molar-refractivity contribution in [3.05, 3.63) is 56.9 Å². The van der Waals surface area contributed by atoms with Gasteiger partial charge in [-0.25, -0.2) is 5.21 Å². The molecule has 24 heavy (non-hydrogen) atoms. The number of benzene rings is 1. The van der Waals surface area contributed by atoms with Crippen LogP contribution in [0.2, 0.25) is 0 Å². The van der Waals surface area contributed by atoms with E-state index >= 15 is 0 Å². The van der Waals surface area contributed by atoms with Gasteiger partial charge >= 0.3 is 5.69 Å². The molecule has 3 rings (SSSR count). The summed E-state index contributed by atoms with van der Waals surface area (Å²) in [7, 11) is 0. The summed E-state index contributed by atoms with van der Waals surface area (Å²) in [6.45, 7) is 0. The Kier molecular flexibility index (Phi) is 4.43. The quantitative estimate of drug-likeness (QED) is 0.840. The molecule has 0 radical (unpaired) electrons. The van der Waals surface area contributed by atoms with Crippen molar-refractivity contribution in [2.75, 3.05) is 0 Å². The summed E-state index contributed by atoms with van der Waals surface area (Å²) in [5.41, 5.74) is 1.86. The zero-order valence-corrected chi connectivity index (χ0v) is 13.2. The van der Waals surface area contributed by atoms with Gasteiger partial charge in [-0.2, -0.15) is 5.26 Å². The summed E-state index contributed by atoms with van der Waals surface area (Å²) in [6, 6.07) is 9.98. The van der Waals surface area contributed by atoms with Crippen molar-refractivity contribution in [3.63, 3.8) is 0 Å². The van der Waals surface area contributed by atoms with Crippen LogP contribution in [0.25, 0.3) is 11.1 Å². The highest BCUT2D eigenvalue weighted by Crippen LogP contribution is 2.33. The van der Waals surface area contributed by atoms with E-state index < -0.39 is 0 Å². The fraction of sp³-hybridized carbons (Fsp3) is 0.333. The summed E-state index contributed by atoms with van der Waals surface area (Å²) in [6.07, 6.45) is 5.59. The molecule has 1 aliphatic rings. The number of nitrogens with one attached hydrogen (secondary N) is 1. The Hall–Kier alpha value is -2.94. The van der Waals surface area contributed by atoms with E-state index in [0.29, 0.717) is 17.0 Å². The number of pyridine rings is 1. The van der Waals surface area contributed by atoms with Gasteiger partial charge in [0.25, 0.3) is 10.5 Å². The van der Waals surface area contributed by atoms with Crippen LogP contribution >= 0.6 is 0 Å². The van der Waals surface area contributed by atoms with E-state index in [9.17, 15) is 15.0 Å². The Morgan fingerprint density at radius 1 is 1.17 bits per heavy atom. The molecule has 0 unspecified atom stereocenters. The maximum atomic E-state index is 12.3. The van der Waals surface area contributed by atoms with Crippen molar-refractivity contribution in [2.24, 2.45) is 0 Å². The van der Waals surface area contributed by atoms with Gasteiger partial charge in [-0.05, 0) is 42.5 Å². The minimum Gasteiger partial charge on any atom is -0.325 e. The lowest BCUT2D eigenvalue weighted by Crippen LogP contribution is -2.17. The molecule has 0 aliphatic heterocycles. The third-order valence-electron chi connectivity index (χ3n) is 4.61. The predicted octanol–water partition coefficient (Wildman–Crippen LogP) is 3.76. The molecule has 0 spiro atoms. The van der Waals surface area contributed by atoms with Gasteiger partial charge in [0.2, 0.25) is 0 Å². The molecule has 6 nitrogen and oxygen atoms in total. The summed E-state index contributed by atoms with van der Waals surface area (Å²) in [5.74, 6) is 0.312. The van der Waals surface area contributed by atoms with Crippen LogP contribution < -0.4 is 5.56 Å².